The number of hydrogen-bond donors (Lipinski definition) is 0. The first-order chi connectivity index (χ1) is 11.6. The van der Waals surface area contributed by atoms with Gasteiger partial charge in [-0.1, -0.05) is 54.1 Å². The number of para-hydroxylation sites is 2. The molecule has 4 nitrogen and oxygen atoms in total. The van der Waals surface area contributed by atoms with E-state index in [1.807, 2.05) is 19.1 Å². The molecule has 0 saturated heterocycles. The van der Waals surface area contributed by atoms with Crippen LogP contribution in [0, 0.1) is 6.92 Å². The van der Waals surface area contributed by atoms with E-state index in [9.17, 15) is 8.42 Å². The zero-order chi connectivity index (χ0) is 17.0. The molecule has 0 fully saturated rings. The molecule has 0 aliphatic rings. The van der Waals surface area contributed by atoms with Gasteiger partial charge in [-0.05, 0) is 43.3 Å². The largest absolute Gasteiger partial charge is 0.414 e. The molecule has 3 rings (SSSR count). The normalized spacial score (nSPS) is 11.0. The second-order valence-corrected chi connectivity index (χ2v) is 6.68. The van der Waals surface area contributed by atoms with Crippen LogP contribution in [0.5, 0.6) is 5.75 Å². The molecule has 0 aromatic heterocycles. The van der Waals surface area contributed by atoms with Crippen molar-refractivity contribution in [2.24, 2.45) is 0 Å². The smallest absolute Gasteiger partial charge is 0.366 e. The van der Waals surface area contributed by atoms with Crippen LogP contribution in [0.4, 0.5) is 11.4 Å². The molecule has 5 heteroatoms. The third-order valence-electron chi connectivity index (χ3n) is 3.43. The van der Waals surface area contributed by atoms with Crippen LogP contribution in [0.2, 0.25) is 0 Å². The number of hydrogen-bond acceptors (Lipinski definition) is 3. The van der Waals surface area contributed by atoms with E-state index >= 15 is 0 Å². The van der Waals surface area contributed by atoms with E-state index < -0.39 is 10.3 Å². The van der Waals surface area contributed by atoms with Crippen molar-refractivity contribution in [2.75, 3.05) is 4.31 Å². The maximum atomic E-state index is 12.9. The summed E-state index contributed by atoms with van der Waals surface area (Å²) in [6.07, 6.45) is 0. The Balaban J connectivity index is 2.03. The maximum absolute atomic E-state index is 12.9. The van der Waals surface area contributed by atoms with Gasteiger partial charge in [0.15, 0.2) is 0 Å². The average molecular weight is 339 g/mol. The maximum Gasteiger partial charge on any atom is 0.414 e. The second-order valence-electron chi connectivity index (χ2n) is 5.29. The van der Waals surface area contributed by atoms with Gasteiger partial charge >= 0.3 is 10.3 Å². The highest BCUT2D eigenvalue weighted by molar-refractivity contribution is 7.88. The number of anilines is 2. The fourth-order valence-electron chi connectivity index (χ4n) is 2.29. The molecule has 3 aromatic carbocycles. The van der Waals surface area contributed by atoms with Gasteiger partial charge < -0.3 is 4.18 Å². The quantitative estimate of drug-likeness (QED) is 0.689. The third kappa shape index (κ3) is 3.58. The Hall–Kier alpha value is -2.79. The van der Waals surface area contributed by atoms with Crippen LogP contribution >= 0.6 is 0 Å². The highest BCUT2D eigenvalue weighted by Crippen LogP contribution is 2.30. The number of aryl methyl sites for hydroxylation is 1. The summed E-state index contributed by atoms with van der Waals surface area (Å²) in [7, 11) is -4.06. The van der Waals surface area contributed by atoms with Gasteiger partial charge in [0.1, 0.15) is 5.75 Å². The van der Waals surface area contributed by atoms with Crippen molar-refractivity contribution in [3.05, 3.63) is 90.5 Å². The summed E-state index contributed by atoms with van der Waals surface area (Å²) in [5.41, 5.74) is 2.05. The van der Waals surface area contributed by atoms with Gasteiger partial charge in [-0.3, -0.25) is 0 Å². The molecule has 0 spiro atoms. The van der Waals surface area contributed by atoms with Gasteiger partial charge in [0.25, 0.3) is 0 Å². The van der Waals surface area contributed by atoms with E-state index in [0.29, 0.717) is 11.4 Å². The van der Waals surface area contributed by atoms with Crippen LogP contribution in [0.3, 0.4) is 0 Å². The van der Waals surface area contributed by atoms with Crippen molar-refractivity contribution in [3.63, 3.8) is 0 Å². The van der Waals surface area contributed by atoms with Crippen LogP contribution in [0.1, 0.15) is 5.56 Å². The van der Waals surface area contributed by atoms with Crippen LogP contribution in [0.15, 0.2) is 84.9 Å². The summed E-state index contributed by atoms with van der Waals surface area (Å²) < 4.78 is 32.3. The van der Waals surface area contributed by atoms with Crippen molar-refractivity contribution in [3.8, 4) is 5.75 Å². The van der Waals surface area contributed by atoms with Crippen molar-refractivity contribution in [1.29, 1.82) is 0 Å². The van der Waals surface area contributed by atoms with Crippen LogP contribution in [-0.4, -0.2) is 8.42 Å². The lowest BCUT2D eigenvalue weighted by Crippen LogP contribution is -2.30. The molecule has 0 atom stereocenters. The Labute approximate surface area is 142 Å². The number of rotatable bonds is 5. The zero-order valence-corrected chi connectivity index (χ0v) is 14.0. The molecular formula is C19H17NO3S. The summed E-state index contributed by atoms with van der Waals surface area (Å²) in [6.45, 7) is 1.93. The van der Waals surface area contributed by atoms with E-state index in [4.69, 9.17) is 4.18 Å². The minimum absolute atomic E-state index is 0.275. The molecule has 0 N–H and O–H groups in total. The summed E-state index contributed by atoms with van der Waals surface area (Å²) in [4.78, 5) is 0. The molecule has 0 bridgehead atoms. The molecule has 0 unspecified atom stereocenters. The molecule has 0 amide bonds. The van der Waals surface area contributed by atoms with Crippen molar-refractivity contribution in [2.45, 2.75) is 6.92 Å². The molecule has 24 heavy (non-hydrogen) atoms. The number of nitrogens with zero attached hydrogens (tertiary/aromatic N) is 1. The monoisotopic (exact) mass is 339 g/mol. The second kappa shape index (κ2) is 6.76. The van der Waals surface area contributed by atoms with Gasteiger partial charge in [-0.2, -0.15) is 8.42 Å². The lowest BCUT2D eigenvalue weighted by atomic mass is 10.2. The predicted molar refractivity (Wildman–Crippen MR) is 95.7 cm³/mol. The van der Waals surface area contributed by atoms with E-state index in [-0.39, 0.29) is 5.75 Å². The first-order valence-electron chi connectivity index (χ1n) is 7.48. The molecule has 0 aliphatic heterocycles. The summed E-state index contributed by atoms with van der Waals surface area (Å²) in [6, 6.07) is 24.6. The van der Waals surface area contributed by atoms with Gasteiger partial charge in [0.05, 0.1) is 11.4 Å². The summed E-state index contributed by atoms with van der Waals surface area (Å²) >= 11 is 0. The predicted octanol–water partition coefficient (Wildman–Crippen LogP) is 4.46. The molecule has 0 aliphatic carbocycles. The molecule has 122 valence electrons. The highest BCUT2D eigenvalue weighted by atomic mass is 32.2. The first kappa shape index (κ1) is 16.1. The molecule has 3 aromatic rings. The number of benzene rings is 3. The lowest BCUT2D eigenvalue weighted by Gasteiger charge is -2.23. The minimum Gasteiger partial charge on any atom is -0.366 e. The molecule has 0 heterocycles. The van der Waals surface area contributed by atoms with Crippen molar-refractivity contribution in [1.82, 2.24) is 0 Å². The highest BCUT2D eigenvalue weighted by Gasteiger charge is 2.26. The molecule has 0 radical (unpaired) electrons. The summed E-state index contributed by atoms with van der Waals surface area (Å²) in [5.74, 6) is 0.275. The first-order valence-corrected chi connectivity index (χ1v) is 8.84. The SMILES string of the molecule is Cc1ccc(OS(=O)(=O)N(c2ccccc2)c2ccccc2)cc1. The minimum atomic E-state index is -4.06. The Morgan fingerprint density at radius 1 is 0.708 bits per heavy atom. The Kier molecular flexibility index (Phi) is 4.53. The fourth-order valence-corrected chi connectivity index (χ4v) is 3.48. The van der Waals surface area contributed by atoms with E-state index in [1.54, 1.807) is 72.8 Å². The standard InChI is InChI=1S/C19H17NO3S/c1-16-12-14-19(15-13-16)23-24(21,22)20(17-8-4-2-5-9-17)18-10-6-3-7-11-18/h2-15H,1H3. The van der Waals surface area contributed by atoms with Crippen LogP contribution in [-0.2, 0) is 10.3 Å². The third-order valence-corrected chi connectivity index (χ3v) is 4.70. The van der Waals surface area contributed by atoms with Crippen molar-refractivity contribution >= 4 is 21.7 Å². The van der Waals surface area contributed by atoms with Crippen LogP contribution in [0.25, 0.3) is 0 Å². The van der Waals surface area contributed by atoms with Gasteiger partial charge in [-0.25, -0.2) is 4.31 Å². The van der Waals surface area contributed by atoms with Gasteiger partial charge in [0.2, 0.25) is 0 Å². The van der Waals surface area contributed by atoms with Gasteiger partial charge in [-0.15, -0.1) is 0 Å². The topological polar surface area (TPSA) is 46.6 Å². The zero-order valence-electron chi connectivity index (χ0n) is 13.2. The average Bonchev–Trinajstić information content (AvgIpc) is 2.59. The van der Waals surface area contributed by atoms with Crippen molar-refractivity contribution < 1.29 is 12.6 Å². The summed E-state index contributed by atoms with van der Waals surface area (Å²) in [5, 5.41) is 0. The molecule has 0 saturated carbocycles. The lowest BCUT2D eigenvalue weighted by molar-refractivity contribution is 0.486. The Morgan fingerprint density at radius 2 is 1.17 bits per heavy atom. The fraction of sp³-hybridized carbons (Fsp3) is 0.0526. The van der Waals surface area contributed by atoms with E-state index in [2.05, 4.69) is 0 Å². The molecular weight excluding hydrogens is 322 g/mol. The van der Waals surface area contributed by atoms with Crippen LogP contribution < -0.4 is 8.49 Å². The Morgan fingerprint density at radius 3 is 1.62 bits per heavy atom. The Bertz CT molecular complexity index is 853. The van der Waals surface area contributed by atoms with E-state index in [1.165, 1.54) is 4.31 Å². The van der Waals surface area contributed by atoms with E-state index in [0.717, 1.165) is 5.56 Å². The van der Waals surface area contributed by atoms with Gasteiger partial charge in [0, 0.05) is 0 Å².